The van der Waals surface area contributed by atoms with Gasteiger partial charge in [-0.2, -0.15) is 0 Å². The second-order valence-corrected chi connectivity index (χ2v) is 10.1. The molecule has 2 aromatic carbocycles. The van der Waals surface area contributed by atoms with Gasteiger partial charge in [-0.15, -0.1) is 13.2 Å². The average Bonchev–Trinajstić information content (AvgIpc) is 3.21. The summed E-state index contributed by atoms with van der Waals surface area (Å²) >= 11 is 12.2. The van der Waals surface area contributed by atoms with E-state index in [0.29, 0.717) is 5.56 Å². The van der Waals surface area contributed by atoms with Crippen LogP contribution in [0.3, 0.4) is 0 Å². The van der Waals surface area contributed by atoms with Crippen molar-refractivity contribution in [3.63, 3.8) is 0 Å². The lowest BCUT2D eigenvalue weighted by molar-refractivity contribution is -0.274. The molecule has 0 spiro atoms. The molecule has 3 aromatic rings. The van der Waals surface area contributed by atoms with Gasteiger partial charge in [0.1, 0.15) is 11.3 Å². The summed E-state index contributed by atoms with van der Waals surface area (Å²) in [6.45, 7) is 1.47. The number of hydrogen-bond acceptors (Lipinski definition) is 5. The molecular formula is C20H15Cl2F3N4O4S. The van der Waals surface area contributed by atoms with Crippen molar-refractivity contribution in [2.24, 2.45) is 5.14 Å². The molecule has 0 unspecified atom stereocenters. The molecule has 0 aliphatic carbocycles. The van der Waals surface area contributed by atoms with Crippen LogP contribution in [0.5, 0.6) is 5.75 Å². The largest absolute Gasteiger partial charge is 0.573 e. The zero-order valence-corrected chi connectivity index (χ0v) is 19.5. The van der Waals surface area contributed by atoms with Crippen molar-refractivity contribution in [3.05, 3.63) is 64.3 Å². The quantitative estimate of drug-likeness (QED) is 0.520. The molecule has 0 bridgehead atoms. The van der Waals surface area contributed by atoms with Crippen molar-refractivity contribution in [1.82, 2.24) is 9.55 Å². The predicted octanol–water partition coefficient (Wildman–Crippen LogP) is 4.37. The number of anilines is 2. The minimum Gasteiger partial charge on any atom is -0.406 e. The Balaban J connectivity index is 1.81. The molecule has 180 valence electrons. The Hall–Kier alpha value is -2.80. The van der Waals surface area contributed by atoms with E-state index in [4.69, 9.17) is 28.3 Å². The molecule has 4 rings (SSSR count). The van der Waals surface area contributed by atoms with Gasteiger partial charge in [0.25, 0.3) is 15.9 Å². The molecule has 1 amide bonds. The van der Waals surface area contributed by atoms with Crippen LogP contribution in [-0.2, 0) is 26.8 Å². The van der Waals surface area contributed by atoms with Gasteiger partial charge in [0.05, 0.1) is 11.9 Å². The number of amides is 1. The van der Waals surface area contributed by atoms with Crippen LogP contribution in [0.15, 0.2) is 53.7 Å². The fourth-order valence-electron chi connectivity index (χ4n) is 3.84. The normalized spacial score (nSPS) is 18.3. The number of carbonyl (C=O) groups is 1. The maximum Gasteiger partial charge on any atom is 0.573 e. The third-order valence-electron chi connectivity index (χ3n) is 5.17. The lowest BCUT2D eigenvalue weighted by atomic mass is 9.92. The first-order valence-electron chi connectivity index (χ1n) is 9.45. The summed E-state index contributed by atoms with van der Waals surface area (Å²) in [5, 5.41) is 5.41. The van der Waals surface area contributed by atoms with E-state index in [1.165, 1.54) is 41.8 Å². The molecule has 0 radical (unpaired) electrons. The second-order valence-electron chi connectivity index (χ2n) is 7.69. The van der Waals surface area contributed by atoms with Crippen LogP contribution in [0.25, 0.3) is 0 Å². The number of primary sulfonamides is 1. The zero-order valence-electron chi connectivity index (χ0n) is 17.2. The number of fused-ring (bicyclic) bond motifs is 1. The second kappa shape index (κ2) is 8.15. The monoisotopic (exact) mass is 536 g/mol. The first kappa shape index (κ1) is 24.3. The summed E-state index contributed by atoms with van der Waals surface area (Å²) in [7, 11) is -4.30. The number of rotatable bonds is 5. The zero-order chi connectivity index (χ0) is 25.1. The molecular weight excluding hydrogens is 522 g/mol. The van der Waals surface area contributed by atoms with Gasteiger partial charge in [-0.25, -0.2) is 23.4 Å². The van der Waals surface area contributed by atoms with Crippen molar-refractivity contribution >= 4 is 50.8 Å². The molecule has 1 atom stereocenters. The maximum atomic E-state index is 13.7. The number of hydrogen-bond donors (Lipinski definition) is 1. The Morgan fingerprint density at radius 3 is 2.26 bits per heavy atom. The van der Waals surface area contributed by atoms with Crippen LogP contribution in [0, 0.1) is 0 Å². The van der Waals surface area contributed by atoms with E-state index in [1.54, 1.807) is 0 Å². The third kappa shape index (κ3) is 4.45. The van der Waals surface area contributed by atoms with Crippen molar-refractivity contribution in [1.29, 1.82) is 0 Å². The maximum absolute atomic E-state index is 13.7. The van der Waals surface area contributed by atoms with Crippen LogP contribution in [-0.4, -0.2) is 30.2 Å². The fourth-order valence-corrected chi connectivity index (χ4v) is 5.09. The Morgan fingerprint density at radius 1 is 1.15 bits per heavy atom. The molecule has 1 aliphatic heterocycles. The van der Waals surface area contributed by atoms with Gasteiger partial charge in [-0.05, 0) is 42.8 Å². The van der Waals surface area contributed by atoms with E-state index >= 15 is 0 Å². The number of nitrogens with zero attached hydrogens (tertiary/aromatic N) is 3. The minimum atomic E-state index is -4.86. The van der Waals surface area contributed by atoms with Gasteiger partial charge >= 0.3 is 6.36 Å². The number of nitrogens with two attached hydrogens (primary N) is 1. The van der Waals surface area contributed by atoms with Gasteiger partial charge in [0, 0.05) is 16.5 Å². The topological polar surface area (TPSA) is 108 Å². The van der Waals surface area contributed by atoms with Crippen LogP contribution in [0.4, 0.5) is 24.8 Å². The van der Waals surface area contributed by atoms with Crippen molar-refractivity contribution < 1.29 is 31.1 Å². The highest BCUT2D eigenvalue weighted by Crippen LogP contribution is 2.44. The number of imidazole rings is 1. The third-order valence-corrected chi connectivity index (χ3v) is 6.48. The van der Waals surface area contributed by atoms with Crippen molar-refractivity contribution in [2.75, 3.05) is 4.90 Å². The highest BCUT2D eigenvalue weighted by molar-refractivity contribution is 7.89. The Morgan fingerprint density at radius 2 is 1.74 bits per heavy atom. The molecule has 14 heteroatoms. The fraction of sp³-hybridized carbons (Fsp3) is 0.200. The van der Waals surface area contributed by atoms with Gasteiger partial charge in [-0.3, -0.25) is 9.36 Å². The average molecular weight is 537 g/mol. The van der Waals surface area contributed by atoms with E-state index in [9.17, 15) is 26.4 Å². The lowest BCUT2D eigenvalue weighted by Crippen LogP contribution is -2.42. The van der Waals surface area contributed by atoms with E-state index in [-0.39, 0.29) is 28.1 Å². The molecule has 2 heterocycles. The molecule has 0 fully saturated rings. The molecule has 0 saturated carbocycles. The summed E-state index contributed by atoms with van der Waals surface area (Å²) in [5.41, 5.74) is -0.890. The molecule has 2 N–H and O–H groups in total. The minimum absolute atomic E-state index is 0.0353. The predicted molar refractivity (Wildman–Crippen MR) is 118 cm³/mol. The molecule has 0 saturated heterocycles. The van der Waals surface area contributed by atoms with Crippen LogP contribution in [0.2, 0.25) is 10.0 Å². The number of ether oxygens (including phenoxy) is 1. The highest BCUT2D eigenvalue weighted by atomic mass is 35.5. The molecule has 34 heavy (non-hydrogen) atoms. The standard InChI is InChI=1S/C20H15Cl2F3N4O4S/c1-19(9-11-2-4-15(5-3-11)33-20(23,24)25)17(30)28(14-7-12(21)6-13(22)8-14)18-27-10-16(29(18)19)34(26,31)32/h2-8,10H,9H2,1H3,(H2,26,31,32)/t19-/m1/s1/i18+2. The van der Waals surface area contributed by atoms with Gasteiger partial charge in [0.2, 0.25) is 5.95 Å². The SMILES string of the molecule is C[C@@]1(Cc2ccc(OC(F)(F)F)cc2)C(=O)N(c2cc(Cl)cc(Cl)c2)[14c]2ncc(S(N)(=O)=O)n21. The lowest BCUT2D eigenvalue weighted by Gasteiger charge is -2.26. The van der Waals surface area contributed by atoms with Crippen LogP contribution in [0.1, 0.15) is 12.5 Å². The van der Waals surface area contributed by atoms with E-state index < -0.39 is 38.6 Å². The van der Waals surface area contributed by atoms with Crippen LogP contribution >= 0.6 is 23.2 Å². The number of sulfonamides is 1. The van der Waals surface area contributed by atoms with Gasteiger partial charge < -0.3 is 4.74 Å². The van der Waals surface area contributed by atoms with Gasteiger partial charge in [0.15, 0.2) is 5.03 Å². The number of halogens is 5. The van der Waals surface area contributed by atoms with Crippen molar-refractivity contribution in [2.45, 2.75) is 30.3 Å². The Kier molecular flexibility index (Phi) is 5.83. The molecule has 1 aromatic heterocycles. The summed E-state index contributed by atoms with van der Waals surface area (Å²) in [6.07, 6.45) is -3.94. The molecule has 1 aliphatic rings. The summed E-state index contributed by atoms with van der Waals surface area (Å²) < 4.78 is 66.9. The number of benzene rings is 2. The van der Waals surface area contributed by atoms with Gasteiger partial charge in [-0.1, -0.05) is 35.3 Å². The van der Waals surface area contributed by atoms with E-state index in [1.807, 2.05) is 0 Å². The van der Waals surface area contributed by atoms with Crippen molar-refractivity contribution in [3.8, 4) is 5.75 Å². The summed E-state index contributed by atoms with van der Waals surface area (Å²) in [4.78, 5) is 18.9. The van der Waals surface area contributed by atoms with E-state index in [2.05, 4.69) is 9.72 Å². The number of carbonyl (C=O) groups excluding carboxylic acids is 1. The number of aromatic nitrogens is 2. The molecule has 8 nitrogen and oxygen atoms in total. The van der Waals surface area contributed by atoms with Crippen LogP contribution < -0.4 is 14.8 Å². The number of alkyl halides is 3. The van der Waals surface area contributed by atoms with E-state index in [0.717, 1.165) is 23.2 Å². The Labute approximate surface area is 201 Å². The first-order valence-corrected chi connectivity index (χ1v) is 11.8. The first-order chi connectivity index (χ1) is 15.7. The Bertz CT molecular complexity index is 1370. The summed E-state index contributed by atoms with van der Waals surface area (Å²) in [6, 6.07) is 9.23. The smallest absolute Gasteiger partial charge is 0.406 e. The highest BCUT2D eigenvalue weighted by Gasteiger charge is 2.51. The summed E-state index contributed by atoms with van der Waals surface area (Å²) in [5.74, 6) is -1.05.